The summed E-state index contributed by atoms with van der Waals surface area (Å²) in [5, 5.41) is 27.8. The summed E-state index contributed by atoms with van der Waals surface area (Å²) in [7, 11) is 0. The fraction of sp³-hybridized carbons (Fsp3) is 1.00. The van der Waals surface area contributed by atoms with E-state index < -0.39 is 24.4 Å². The van der Waals surface area contributed by atoms with Gasteiger partial charge < -0.3 is 20.1 Å². The standard InChI is InChI=1S/C6H10O4S/c7-2-1-11-6-4(9)3(8)5(2)10-6/h2-9H,1H2. The minimum atomic E-state index is -0.926. The van der Waals surface area contributed by atoms with E-state index in [1.54, 1.807) is 0 Å². The Morgan fingerprint density at radius 1 is 1.18 bits per heavy atom. The van der Waals surface area contributed by atoms with Gasteiger partial charge in [0.15, 0.2) is 0 Å². The predicted octanol–water partition coefficient (Wildman–Crippen LogP) is -1.46. The quantitative estimate of drug-likeness (QED) is 0.423. The van der Waals surface area contributed by atoms with E-state index in [4.69, 9.17) is 4.74 Å². The molecule has 2 aliphatic heterocycles. The summed E-state index contributed by atoms with van der Waals surface area (Å²) in [6.45, 7) is 0. The van der Waals surface area contributed by atoms with Crippen molar-refractivity contribution >= 4 is 11.8 Å². The van der Waals surface area contributed by atoms with Crippen LogP contribution < -0.4 is 0 Å². The second-order valence-electron chi connectivity index (χ2n) is 2.85. The fourth-order valence-electron chi connectivity index (χ4n) is 1.42. The summed E-state index contributed by atoms with van der Waals surface area (Å²) in [4.78, 5) is 0. The van der Waals surface area contributed by atoms with Crippen molar-refractivity contribution in [3.8, 4) is 0 Å². The topological polar surface area (TPSA) is 69.9 Å². The lowest BCUT2D eigenvalue weighted by Gasteiger charge is -2.24. The molecular weight excluding hydrogens is 168 g/mol. The number of aliphatic hydroxyl groups is 3. The van der Waals surface area contributed by atoms with Crippen molar-refractivity contribution in [3.63, 3.8) is 0 Å². The zero-order chi connectivity index (χ0) is 8.01. The van der Waals surface area contributed by atoms with Crippen molar-refractivity contribution in [1.82, 2.24) is 0 Å². The van der Waals surface area contributed by atoms with Crippen molar-refractivity contribution in [1.29, 1.82) is 0 Å². The fourth-order valence-corrected chi connectivity index (χ4v) is 2.56. The molecule has 11 heavy (non-hydrogen) atoms. The summed E-state index contributed by atoms with van der Waals surface area (Å²) < 4.78 is 5.15. The Morgan fingerprint density at radius 3 is 2.55 bits per heavy atom. The number of aliphatic hydroxyl groups excluding tert-OH is 3. The van der Waals surface area contributed by atoms with E-state index in [1.165, 1.54) is 11.8 Å². The first-order valence-electron chi connectivity index (χ1n) is 3.51. The lowest BCUT2D eigenvalue weighted by Crippen LogP contribution is -2.39. The molecule has 2 saturated heterocycles. The highest BCUT2D eigenvalue weighted by Gasteiger charge is 2.49. The number of hydrogen-bond acceptors (Lipinski definition) is 5. The van der Waals surface area contributed by atoms with E-state index in [9.17, 15) is 15.3 Å². The van der Waals surface area contributed by atoms with Crippen LogP contribution in [0.4, 0.5) is 0 Å². The summed E-state index contributed by atoms with van der Waals surface area (Å²) in [5.74, 6) is 0.531. The van der Waals surface area contributed by atoms with Crippen LogP contribution in [0.2, 0.25) is 0 Å². The van der Waals surface area contributed by atoms with Crippen molar-refractivity contribution in [2.45, 2.75) is 29.9 Å². The highest BCUT2D eigenvalue weighted by atomic mass is 32.2. The van der Waals surface area contributed by atoms with Crippen LogP contribution in [0.15, 0.2) is 0 Å². The first-order valence-corrected chi connectivity index (χ1v) is 4.56. The molecule has 2 rings (SSSR count). The van der Waals surface area contributed by atoms with Crippen LogP contribution in [0.5, 0.6) is 0 Å². The molecule has 3 N–H and O–H groups in total. The maximum Gasteiger partial charge on any atom is 0.132 e. The third kappa shape index (κ3) is 1.08. The molecule has 4 nitrogen and oxygen atoms in total. The second-order valence-corrected chi connectivity index (χ2v) is 3.98. The Bertz CT molecular complexity index is 165. The van der Waals surface area contributed by atoms with Gasteiger partial charge >= 0.3 is 0 Å². The van der Waals surface area contributed by atoms with Crippen LogP contribution in [0.1, 0.15) is 0 Å². The Hall–Kier alpha value is 0.190. The van der Waals surface area contributed by atoms with Crippen LogP contribution >= 0.6 is 11.8 Å². The van der Waals surface area contributed by atoms with Crippen LogP contribution in [-0.4, -0.2) is 50.9 Å². The van der Waals surface area contributed by atoms with Crippen LogP contribution in [-0.2, 0) is 4.74 Å². The van der Waals surface area contributed by atoms with E-state index >= 15 is 0 Å². The second kappa shape index (κ2) is 2.60. The normalized spacial score (nSPS) is 56.5. The van der Waals surface area contributed by atoms with Crippen LogP contribution in [0, 0.1) is 0 Å². The Labute approximate surface area is 68.2 Å². The van der Waals surface area contributed by atoms with E-state index in [1.807, 2.05) is 0 Å². The van der Waals surface area contributed by atoms with E-state index in [0.29, 0.717) is 5.75 Å². The molecule has 0 aromatic heterocycles. The minimum Gasteiger partial charge on any atom is -0.389 e. The largest absolute Gasteiger partial charge is 0.389 e. The van der Waals surface area contributed by atoms with Gasteiger partial charge in [-0.2, -0.15) is 0 Å². The highest BCUT2D eigenvalue weighted by molar-refractivity contribution is 7.99. The average molecular weight is 178 g/mol. The van der Waals surface area contributed by atoms with Crippen molar-refractivity contribution in [3.05, 3.63) is 0 Å². The Kier molecular flexibility index (Phi) is 1.85. The molecular formula is C6H10O4S. The molecule has 0 spiro atoms. The van der Waals surface area contributed by atoms with Crippen molar-refractivity contribution in [2.24, 2.45) is 0 Å². The van der Waals surface area contributed by atoms with E-state index in [-0.39, 0.29) is 5.44 Å². The van der Waals surface area contributed by atoms with Crippen molar-refractivity contribution < 1.29 is 20.1 Å². The third-order valence-corrected chi connectivity index (χ3v) is 3.32. The first kappa shape index (κ1) is 7.82. The number of thioether (sulfide) groups is 1. The number of fused-ring (bicyclic) bond motifs is 2. The molecule has 0 aliphatic carbocycles. The molecule has 2 heterocycles. The molecule has 0 aromatic rings. The Morgan fingerprint density at radius 2 is 1.91 bits per heavy atom. The van der Waals surface area contributed by atoms with E-state index in [2.05, 4.69) is 0 Å². The van der Waals surface area contributed by atoms with Crippen LogP contribution in [0.25, 0.3) is 0 Å². The summed E-state index contributed by atoms with van der Waals surface area (Å²) in [5.41, 5.74) is -0.349. The molecule has 2 aliphatic rings. The van der Waals surface area contributed by atoms with Gasteiger partial charge in [0.2, 0.25) is 0 Å². The highest BCUT2D eigenvalue weighted by Crippen LogP contribution is 2.36. The molecule has 5 unspecified atom stereocenters. The number of hydrogen-bond donors (Lipinski definition) is 3. The molecule has 2 bridgehead atoms. The zero-order valence-corrected chi connectivity index (χ0v) is 6.57. The van der Waals surface area contributed by atoms with Crippen LogP contribution in [0.3, 0.4) is 0 Å². The maximum absolute atomic E-state index is 9.29. The third-order valence-electron chi connectivity index (χ3n) is 2.07. The summed E-state index contributed by atoms with van der Waals surface area (Å²) in [6.07, 6.45) is -3.01. The first-order chi connectivity index (χ1) is 5.20. The average Bonchev–Trinajstić information content (AvgIpc) is 2.24. The van der Waals surface area contributed by atoms with Gasteiger partial charge in [0.05, 0.1) is 6.10 Å². The minimum absolute atomic E-state index is 0.349. The molecule has 0 radical (unpaired) electrons. The Balaban J connectivity index is 2.16. The molecule has 0 saturated carbocycles. The summed E-state index contributed by atoms with van der Waals surface area (Å²) >= 11 is 1.34. The maximum atomic E-state index is 9.29. The van der Waals surface area contributed by atoms with Gasteiger partial charge in [-0.15, -0.1) is 11.8 Å². The zero-order valence-electron chi connectivity index (χ0n) is 5.75. The lowest BCUT2D eigenvalue weighted by atomic mass is 10.1. The van der Waals surface area contributed by atoms with Gasteiger partial charge in [0, 0.05) is 5.75 Å². The van der Waals surface area contributed by atoms with Gasteiger partial charge in [-0.05, 0) is 0 Å². The summed E-state index contributed by atoms with van der Waals surface area (Å²) in [6, 6.07) is 0. The molecule has 0 amide bonds. The molecule has 2 fully saturated rings. The van der Waals surface area contributed by atoms with Gasteiger partial charge in [0.1, 0.15) is 23.7 Å². The lowest BCUT2D eigenvalue weighted by molar-refractivity contribution is -0.0493. The monoisotopic (exact) mass is 178 g/mol. The van der Waals surface area contributed by atoms with Gasteiger partial charge in [0.25, 0.3) is 0 Å². The SMILES string of the molecule is OC1CSC2OC1C(O)C2O. The molecule has 5 heteroatoms. The van der Waals surface area contributed by atoms with Gasteiger partial charge in [-0.1, -0.05) is 0 Å². The van der Waals surface area contributed by atoms with Gasteiger partial charge in [-0.25, -0.2) is 0 Å². The number of ether oxygens (including phenoxy) is 1. The molecule has 64 valence electrons. The number of rotatable bonds is 0. The van der Waals surface area contributed by atoms with E-state index in [0.717, 1.165) is 0 Å². The smallest absolute Gasteiger partial charge is 0.132 e. The molecule has 0 aromatic carbocycles. The van der Waals surface area contributed by atoms with Gasteiger partial charge in [-0.3, -0.25) is 0 Å². The van der Waals surface area contributed by atoms with Crippen molar-refractivity contribution in [2.75, 3.05) is 5.75 Å². The predicted molar refractivity (Wildman–Crippen MR) is 39.1 cm³/mol. The molecule has 5 atom stereocenters.